The molecule has 0 amide bonds. The number of hydrogen-bond donors (Lipinski definition) is 0. The first-order chi connectivity index (χ1) is 10.8. The van der Waals surface area contributed by atoms with Gasteiger partial charge >= 0.3 is 12.1 Å². The van der Waals surface area contributed by atoms with Crippen LogP contribution in [-0.4, -0.2) is 37.2 Å². The monoisotopic (exact) mass is 320 g/mol. The Labute approximate surface area is 134 Å². The van der Waals surface area contributed by atoms with Gasteiger partial charge in [0.25, 0.3) is 0 Å². The van der Waals surface area contributed by atoms with Gasteiger partial charge in [-0.25, -0.2) is 4.79 Å². The summed E-state index contributed by atoms with van der Waals surface area (Å²) in [4.78, 5) is 36.0. The maximum atomic E-state index is 12.3. The lowest BCUT2D eigenvalue weighted by Crippen LogP contribution is -2.37. The Hall–Kier alpha value is -2.11. The lowest BCUT2D eigenvalue weighted by Gasteiger charge is -2.28. The standard InChI is InChI=1S/C17H20O6/c1-7-5-10(18)12-8(2)6-11(22-17(20)21-4)14-9(3)16(19)23-15(14)13(7)12/h5,9,11,13-15H,6H2,1-4H3/t9-,11-,13?,14?,15+/m0/s1. The Balaban J connectivity index is 2.05. The van der Waals surface area contributed by atoms with Gasteiger partial charge in [0.1, 0.15) is 12.2 Å². The van der Waals surface area contributed by atoms with Gasteiger partial charge in [-0.05, 0) is 19.9 Å². The van der Waals surface area contributed by atoms with Crippen molar-refractivity contribution in [2.45, 2.75) is 39.4 Å². The van der Waals surface area contributed by atoms with E-state index in [2.05, 4.69) is 4.74 Å². The van der Waals surface area contributed by atoms with Crippen LogP contribution in [0, 0.1) is 17.8 Å². The molecule has 6 heteroatoms. The number of esters is 1. The SMILES string of the molecule is COC(=O)O[C@H]1CC(C)=C2C(=O)C=C(C)C2[C@H]2OC(=O)[C@@H](C)C21. The second kappa shape index (κ2) is 5.51. The summed E-state index contributed by atoms with van der Waals surface area (Å²) in [7, 11) is 1.24. The van der Waals surface area contributed by atoms with Gasteiger partial charge in [0.2, 0.25) is 0 Å². The average molecular weight is 320 g/mol. The highest BCUT2D eigenvalue weighted by Gasteiger charge is 2.55. The largest absolute Gasteiger partial charge is 0.508 e. The third-order valence-electron chi connectivity index (χ3n) is 5.15. The van der Waals surface area contributed by atoms with Gasteiger partial charge in [0.05, 0.1) is 13.0 Å². The molecule has 2 unspecified atom stereocenters. The maximum absolute atomic E-state index is 12.3. The lowest BCUT2D eigenvalue weighted by molar-refractivity contribution is -0.144. The van der Waals surface area contributed by atoms with E-state index in [0.717, 1.165) is 11.1 Å². The van der Waals surface area contributed by atoms with E-state index in [4.69, 9.17) is 9.47 Å². The molecular weight excluding hydrogens is 300 g/mol. The summed E-state index contributed by atoms with van der Waals surface area (Å²) in [6.45, 7) is 5.52. The Bertz CT molecular complexity index is 643. The Morgan fingerprint density at radius 2 is 2.00 bits per heavy atom. The summed E-state index contributed by atoms with van der Waals surface area (Å²) >= 11 is 0. The number of ether oxygens (including phenoxy) is 3. The van der Waals surface area contributed by atoms with Crippen molar-refractivity contribution in [3.05, 3.63) is 22.8 Å². The van der Waals surface area contributed by atoms with E-state index < -0.39 is 24.3 Å². The first-order valence-corrected chi connectivity index (χ1v) is 7.72. The number of methoxy groups -OCH3 is 1. The number of carbonyl (C=O) groups is 3. The van der Waals surface area contributed by atoms with Crippen molar-refractivity contribution in [2.24, 2.45) is 17.8 Å². The highest BCUT2D eigenvalue weighted by Crippen LogP contribution is 2.48. The van der Waals surface area contributed by atoms with E-state index in [1.807, 2.05) is 13.8 Å². The fourth-order valence-corrected chi connectivity index (χ4v) is 4.08. The topological polar surface area (TPSA) is 78.9 Å². The summed E-state index contributed by atoms with van der Waals surface area (Å²) in [6, 6.07) is 0. The van der Waals surface area contributed by atoms with E-state index in [9.17, 15) is 14.4 Å². The molecule has 0 spiro atoms. The van der Waals surface area contributed by atoms with Crippen molar-refractivity contribution in [3.8, 4) is 0 Å². The van der Waals surface area contributed by atoms with Crippen molar-refractivity contribution in [1.82, 2.24) is 0 Å². The third kappa shape index (κ3) is 2.36. The number of hydrogen-bond acceptors (Lipinski definition) is 6. The molecule has 3 aliphatic rings. The predicted octanol–water partition coefficient (Wildman–Crippen LogP) is 2.18. The Morgan fingerprint density at radius 1 is 1.30 bits per heavy atom. The summed E-state index contributed by atoms with van der Waals surface area (Å²) in [6.07, 6.45) is 0.188. The van der Waals surface area contributed by atoms with Crippen LogP contribution in [-0.2, 0) is 23.8 Å². The van der Waals surface area contributed by atoms with Gasteiger partial charge in [-0.15, -0.1) is 0 Å². The van der Waals surface area contributed by atoms with E-state index in [-0.39, 0.29) is 23.6 Å². The summed E-state index contributed by atoms with van der Waals surface area (Å²) in [5.74, 6) is -1.30. The molecule has 124 valence electrons. The summed E-state index contributed by atoms with van der Waals surface area (Å²) in [5.41, 5.74) is 2.44. The third-order valence-corrected chi connectivity index (χ3v) is 5.15. The smallest absolute Gasteiger partial charge is 0.461 e. The van der Waals surface area contributed by atoms with Crippen LogP contribution in [0.2, 0.25) is 0 Å². The number of carbonyl (C=O) groups excluding carboxylic acids is 3. The lowest BCUT2D eigenvalue weighted by atomic mass is 9.79. The minimum Gasteiger partial charge on any atom is -0.461 e. The molecule has 1 fully saturated rings. The predicted molar refractivity (Wildman–Crippen MR) is 79.4 cm³/mol. The molecule has 3 rings (SSSR count). The molecule has 2 aliphatic carbocycles. The van der Waals surface area contributed by atoms with Gasteiger partial charge in [0.15, 0.2) is 5.78 Å². The zero-order valence-corrected chi connectivity index (χ0v) is 13.6. The van der Waals surface area contributed by atoms with Crippen LogP contribution in [0.25, 0.3) is 0 Å². The number of rotatable bonds is 1. The molecule has 0 saturated carbocycles. The van der Waals surface area contributed by atoms with Gasteiger partial charge in [-0.1, -0.05) is 18.1 Å². The highest BCUT2D eigenvalue weighted by atomic mass is 16.7. The van der Waals surface area contributed by atoms with Gasteiger partial charge in [0, 0.05) is 23.8 Å². The molecule has 1 aliphatic heterocycles. The maximum Gasteiger partial charge on any atom is 0.508 e. The average Bonchev–Trinajstić information content (AvgIpc) is 2.89. The van der Waals surface area contributed by atoms with Crippen LogP contribution in [0.15, 0.2) is 22.8 Å². The molecule has 0 N–H and O–H groups in total. The minimum absolute atomic E-state index is 0.0435. The zero-order valence-electron chi connectivity index (χ0n) is 13.6. The number of fused-ring (bicyclic) bond motifs is 3. The van der Waals surface area contributed by atoms with Crippen LogP contribution >= 0.6 is 0 Å². The normalized spacial score (nSPS) is 36.0. The first kappa shape index (κ1) is 15.8. The first-order valence-electron chi connectivity index (χ1n) is 7.72. The molecule has 0 aromatic rings. The van der Waals surface area contributed by atoms with Gasteiger partial charge in [-0.2, -0.15) is 0 Å². The van der Waals surface area contributed by atoms with E-state index in [1.54, 1.807) is 13.0 Å². The molecule has 0 bridgehead atoms. The van der Waals surface area contributed by atoms with Gasteiger partial charge in [-0.3, -0.25) is 9.59 Å². The molecular formula is C17H20O6. The van der Waals surface area contributed by atoms with Crippen molar-refractivity contribution in [3.63, 3.8) is 0 Å². The van der Waals surface area contributed by atoms with Crippen LogP contribution in [0.1, 0.15) is 27.2 Å². The van der Waals surface area contributed by atoms with E-state index in [0.29, 0.717) is 12.0 Å². The van der Waals surface area contributed by atoms with Gasteiger partial charge < -0.3 is 14.2 Å². The minimum atomic E-state index is -0.788. The quantitative estimate of drug-likeness (QED) is 0.689. The van der Waals surface area contributed by atoms with Crippen LogP contribution in [0.4, 0.5) is 4.79 Å². The number of allylic oxidation sites excluding steroid dienone is 1. The second-order valence-electron chi connectivity index (χ2n) is 6.51. The van der Waals surface area contributed by atoms with E-state index in [1.165, 1.54) is 7.11 Å². The van der Waals surface area contributed by atoms with Crippen molar-refractivity contribution in [1.29, 1.82) is 0 Å². The molecule has 0 radical (unpaired) electrons. The number of ketones is 1. The molecule has 6 nitrogen and oxygen atoms in total. The summed E-state index contributed by atoms with van der Waals surface area (Å²) < 4.78 is 15.6. The molecule has 5 atom stereocenters. The van der Waals surface area contributed by atoms with Crippen molar-refractivity contribution >= 4 is 17.9 Å². The molecule has 0 aromatic carbocycles. The van der Waals surface area contributed by atoms with E-state index >= 15 is 0 Å². The molecule has 23 heavy (non-hydrogen) atoms. The molecule has 1 heterocycles. The molecule has 1 saturated heterocycles. The molecule has 0 aromatic heterocycles. The Morgan fingerprint density at radius 3 is 2.65 bits per heavy atom. The van der Waals surface area contributed by atoms with Crippen LogP contribution in [0.3, 0.4) is 0 Å². The van der Waals surface area contributed by atoms with Crippen LogP contribution < -0.4 is 0 Å². The van der Waals surface area contributed by atoms with Crippen LogP contribution in [0.5, 0.6) is 0 Å². The second-order valence-corrected chi connectivity index (χ2v) is 6.51. The van der Waals surface area contributed by atoms with Crippen molar-refractivity contribution in [2.75, 3.05) is 7.11 Å². The summed E-state index contributed by atoms with van der Waals surface area (Å²) in [5, 5.41) is 0. The highest BCUT2D eigenvalue weighted by molar-refractivity contribution is 6.09. The van der Waals surface area contributed by atoms with Crippen molar-refractivity contribution < 1.29 is 28.6 Å². The Kier molecular flexibility index (Phi) is 3.78. The fourth-order valence-electron chi connectivity index (χ4n) is 4.08. The zero-order chi connectivity index (χ0) is 16.9. The fraction of sp³-hybridized carbons (Fsp3) is 0.588.